The van der Waals surface area contributed by atoms with Gasteiger partial charge >= 0.3 is 0 Å². The van der Waals surface area contributed by atoms with E-state index in [1.165, 1.54) is 38.2 Å². The Morgan fingerprint density at radius 1 is 0.800 bits per heavy atom. The first-order valence-electron chi connectivity index (χ1n) is 8.25. The molecular weight excluding hydrogens is 378 g/mol. The van der Waals surface area contributed by atoms with Crippen LogP contribution in [0.25, 0.3) is 11.1 Å². The molecule has 3 aromatic carbocycles. The Bertz CT molecular complexity index is 1010. The Hall–Kier alpha value is -1.17. The highest BCUT2D eigenvalue weighted by Gasteiger charge is 2.35. The van der Waals surface area contributed by atoms with Crippen molar-refractivity contribution >= 4 is 53.6 Å². The predicted molar refractivity (Wildman–Crippen MR) is 119 cm³/mol. The minimum absolute atomic E-state index is 0.00905. The first kappa shape index (κ1) is 17.3. The smallest absolute Gasteiger partial charge is 0.0159 e. The van der Waals surface area contributed by atoms with E-state index in [1.54, 1.807) is 0 Å². The summed E-state index contributed by atoms with van der Waals surface area (Å²) in [5, 5.41) is 3.78. The van der Waals surface area contributed by atoms with Crippen LogP contribution in [-0.4, -0.2) is 0 Å². The van der Waals surface area contributed by atoms with Crippen LogP contribution in [-0.2, 0) is 29.0 Å². The summed E-state index contributed by atoms with van der Waals surface area (Å²) in [5.74, 6) is 0. The number of rotatable bonds is 3. The van der Waals surface area contributed by atoms with Crippen molar-refractivity contribution in [2.75, 3.05) is 0 Å². The molecule has 124 valence electrons. The number of hydrogen-bond donors (Lipinski definition) is 0. The highest BCUT2D eigenvalue weighted by atomic mass is 32.4. The second-order valence-electron chi connectivity index (χ2n) is 6.90. The SMILES string of the molecule is CC1(C)c2cc(P=S)ccc2-c2ccc([PH](=S)c3ccccc3)cc21. The molecule has 0 saturated heterocycles. The van der Waals surface area contributed by atoms with Crippen molar-refractivity contribution in [3.8, 4) is 11.1 Å². The highest BCUT2D eigenvalue weighted by Crippen LogP contribution is 2.48. The van der Waals surface area contributed by atoms with Gasteiger partial charge in [0.15, 0.2) is 0 Å². The summed E-state index contributed by atoms with van der Waals surface area (Å²) in [6, 6.07) is 24.0. The second kappa shape index (κ2) is 6.53. The molecule has 3 aromatic rings. The Labute approximate surface area is 161 Å². The van der Waals surface area contributed by atoms with E-state index >= 15 is 0 Å². The zero-order valence-electron chi connectivity index (χ0n) is 14.1. The van der Waals surface area contributed by atoms with Crippen LogP contribution >= 0.6 is 14.1 Å². The first-order valence-corrected chi connectivity index (χ1v) is 12.8. The molecule has 1 aliphatic rings. The molecule has 0 saturated carbocycles. The molecule has 4 rings (SSSR count). The van der Waals surface area contributed by atoms with E-state index in [0.29, 0.717) is 0 Å². The van der Waals surface area contributed by atoms with Gasteiger partial charge in [0.1, 0.15) is 0 Å². The molecule has 0 aliphatic heterocycles. The van der Waals surface area contributed by atoms with Crippen LogP contribution in [0.1, 0.15) is 25.0 Å². The van der Waals surface area contributed by atoms with Crippen LogP contribution in [0.15, 0.2) is 66.7 Å². The van der Waals surface area contributed by atoms with Gasteiger partial charge in [0.2, 0.25) is 0 Å². The second-order valence-corrected chi connectivity index (χ2v) is 11.2. The zero-order chi connectivity index (χ0) is 17.6. The summed E-state index contributed by atoms with van der Waals surface area (Å²) < 4.78 is 0. The van der Waals surface area contributed by atoms with Crippen molar-refractivity contribution in [2.45, 2.75) is 19.3 Å². The molecule has 0 radical (unpaired) electrons. The number of fused-ring (bicyclic) bond motifs is 3. The lowest BCUT2D eigenvalue weighted by atomic mass is 9.82. The van der Waals surface area contributed by atoms with Gasteiger partial charge in [0.05, 0.1) is 0 Å². The van der Waals surface area contributed by atoms with Gasteiger partial charge in [0.25, 0.3) is 0 Å². The van der Waals surface area contributed by atoms with E-state index < -0.39 is 6.70 Å². The molecule has 0 amide bonds. The quantitative estimate of drug-likeness (QED) is 0.591. The van der Waals surface area contributed by atoms with E-state index in [9.17, 15) is 0 Å². The standard InChI is InChI=1S/C21H18P2S2/c1-21(2)19-12-14(22-24)8-10-17(19)18-11-9-16(13-20(18)21)23(25)15-6-4-3-5-7-15/h3-13,23H,1-2H3. The highest BCUT2D eigenvalue weighted by molar-refractivity contribution is 8.12. The van der Waals surface area contributed by atoms with E-state index in [1.807, 2.05) is 6.07 Å². The van der Waals surface area contributed by atoms with Gasteiger partial charge in [0, 0.05) is 18.1 Å². The van der Waals surface area contributed by atoms with Crippen molar-refractivity contribution in [3.05, 3.63) is 77.9 Å². The average Bonchev–Trinajstić information content (AvgIpc) is 2.88. The van der Waals surface area contributed by atoms with Gasteiger partial charge in [-0.05, 0) is 57.8 Å². The van der Waals surface area contributed by atoms with Crippen LogP contribution in [0.5, 0.6) is 0 Å². The molecule has 4 heteroatoms. The van der Waals surface area contributed by atoms with Crippen molar-refractivity contribution in [1.29, 1.82) is 0 Å². The third-order valence-electron chi connectivity index (χ3n) is 5.06. The number of benzene rings is 3. The van der Waals surface area contributed by atoms with Crippen molar-refractivity contribution in [2.24, 2.45) is 0 Å². The molecule has 0 spiro atoms. The van der Waals surface area contributed by atoms with E-state index in [0.717, 1.165) is 7.36 Å². The van der Waals surface area contributed by atoms with Gasteiger partial charge in [-0.1, -0.05) is 86.0 Å². The topological polar surface area (TPSA) is 0 Å². The molecule has 0 N–H and O–H groups in total. The summed E-state index contributed by atoms with van der Waals surface area (Å²) in [5.41, 5.74) is 5.44. The minimum atomic E-state index is -1.15. The molecule has 0 bridgehead atoms. The average molecular weight is 396 g/mol. The van der Waals surface area contributed by atoms with Gasteiger partial charge in [-0.2, -0.15) is 0 Å². The van der Waals surface area contributed by atoms with Gasteiger partial charge < -0.3 is 0 Å². The number of hydrogen-bond acceptors (Lipinski definition) is 2. The van der Waals surface area contributed by atoms with E-state index in [2.05, 4.69) is 74.5 Å². The third-order valence-corrected chi connectivity index (χ3v) is 9.29. The zero-order valence-corrected chi connectivity index (χ0v) is 17.6. The lowest BCUT2D eigenvalue weighted by Gasteiger charge is -2.22. The van der Waals surface area contributed by atoms with Crippen LogP contribution in [0, 0.1) is 0 Å². The summed E-state index contributed by atoms with van der Waals surface area (Å²) >= 11 is 11.2. The summed E-state index contributed by atoms with van der Waals surface area (Å²) in [7, 11) is 0.907. The third kappa shape index (κ3) is 2.86. The molecule has 1 atom stereocenters. The summed E-state index contributed by atoms with van der Waals surface area (Å²) in [4.78, 5) is 0. The van der Waals surface area contributed by atoms with Crippen molar-refractivity contribution < 1.29 is 0 Å². The van der Waals surface area contributed by atoms with Gasteiger partial charge in [-0.3, -0.25) is 0 Å². The maximum atomic E-state index is 5.93. The molecule has 25 heavy (non-hydrogen) atoms. The lowest BCUT2D eigenvalue weighted by molar-refractivity contribution is 0.661. The fraction of sp³-hybridized carbons (Fsp3) is 0.143. The van der Waals surface area contributed by atoms with Crippen LogP contribution in [0.4, 0.5) is 0 Å². The van der Waals surface area contributed by atoms with E-state index in [-0.39, 0.29) is 5.41 Å². The molecule has 1 unspecified atom stereocenters. The molecule has 0 nitrogen and oxygen atoms in total. The maximum Gasteiger partial charge on any atom is 0.0159 e. The molecule has 1 aliphatic carbocycles. The molecule has 0 fully saturated rings. The Morgan fingerprint density at radius 2 is 1.44 bits per heavy atom. The molecular formula is C21H18P2S2. The van der Waals surface area contributed by atoms with Crippen LogP contribution in [0.2, 0.25) is 0 Å². The Kier molecular flexibility index (Phi) is 4.50. The Morgan fingerprint density at radius 3 is 2.12 bits per heavy atom. The summed E-state index contributed by atoms with van der Waals surface area (Å²) in [6.45, 7) is 3.47. The molecule has 0 aromatic heterocycles. The van der Waals surface area contributed by atoms with E-state index in [4.69, 9.17) is 23.6 Å². The van der Waals surface area contributed by atoms with Gasteiger partial charge in [-0.25, -0.2) is 0 Å². The maximum absolute atomic E-state index is 5.93. The lowest BCUT2D eigenvalue weighted by Crippen LogP contribution is -2.18. The molecule has 0 heterocycles. The van der Waals surface area contributed by atoms with Crippen molar-refractivity contribution in [3.63, 3.8) is 0 Å². The minimum Gasteiger partial charge on any atom is -0.0910 e. The van der Waals surface area contributed by atoms with Gasteiger partial charge in [-0.15, -0.1) is 0 Å². The fourth-order valence-corrected chi connectivity index (χ4v) is 6.47. The van der Waals surface area contributed by atoms with Crippen LogP contribution < -0.4 is 15.9 Å². The normalized spacial score (nSPS) is 15.6. The monoisotopic (exact) mass is 396 g/mol. The Balaban J connectivity index is 1.84. The largest absolute Gasteiger partial charge is 0.0910 e. The van der Waals surface area contributed by atoms with Crippen molar-refractivity contribution in [1.82, 2.24) is 0 Å². The van der Waals surface area contributed by atoms with Crippen LogP contribution in [0.3, 0.4) is 0 Å². The predicted octanol–water partition coefficient (Wildman–Crippen LogP) is 4.65. The first-order chi connectivity index (χ1) is 12.0. The summed E-state index contributed by atoms with van der Waals surface area (Å²) in [6.07, 6.45) is 0. The fourth-order valence-electron chi connectivity index (χ4n) is 3.68.